The predicted molar refractivity (Wildman–Crippen MR) is 139 cm³/mol. The van der Waals surface area contributed by atoms with E-state index in [1.165, 1.54) is 0 Å². The summed E-state index contributed by atoms with van der Waals surface area (Å²) in [6.45, 7) is 6.05. The molecule has 4 heterocycles. The average Bonchev–Trinajstić information content (AvgIpc) is 3.33. The van der Waals surface area contributed by atoms with Crippen LogP contribution in [0.3, 0.4) is 0 Å². The van der Waals surface area contributed by atoms with Crippen LogP contribution in [0.4, 0.5) is 5.95 Å². The average molecular weight is 486 g/mol. The SMILES string of the molecule is CCOC(=O)Cc1ccc2c(ccn2-c2ccc(OC3CCN(c4ncc(CC)cn4)CC3)cn2)c1. The molecule has 1 aliphatic rings. The van der Waals surface area contributed by atoms with Gasteiger partial charge in [-0.25, -0.2) is 15.0 Å². The van der Waals surface area contributed by atoms with Gasteiger partial charge in [0.15, 0.2) is 0 Å². The van der Waals surface area contributed by atoms with Gasteiger partial charge in [0, 0.05) is 49.9 Å². The summed E-state index contributed by atoms with van der Waals surface area (Å²) in [7, 11) is 0. The van der Waals surface area contributed by atoms with Crippen molar-refractivity contribution in [2.75, 3.05) is 24.6 Å². The van der Waals surface area contributed by atoms with Crippen LogP contribution in [0.25, 0.3) is 16.7 Å². The Labute approximate surface area is 210 Å². The fourth-order valence-electron chi connectivity index (χ4n) is 4.53. The van der Waals surface area contributed by atoms with E-state index >= 15 is 0 Å². The van der Waals surface area contributed by atoms with Crippen molar-refractivity contribution in [2.45, 2.75) is 45.6 Å². The van der Waals surface area contributed by atoms with E-state index < -0.39 is 0 Å². The number of aryl methyl sites for hydroxylation is 1. The Bertz CT molecular complexity index is 1310. The Balaban J connectivity index is 1.19. The highest BCUT2D eigenvalue weighted by atomic mass is 16.5. The van der Waals surface area contributed by atoms with Gasteiger partial charge in [-0.3, -0.25) is 4.79 Å². The molecule has 8 heteroatoms. The lowest BCUT2D eigenvalue weighted by Crippen LogP contribution is -2.39. The summed E-state index contributed by atoms with van der Waals surface area (Å²) >= 11 is 0. The van der Waals surface area contributed by atoms with Gasteiger partial charge in [-0.05, 0) is 54.8 Å². The molecule has 36 heavy (non-hydrogen) atoms. The summed E-state index contributed by atoms with van der Waals surface area (Å²) < 4.78 is 13.3. The zero-order chi connectivity index (χ0) is 24.9. The first kappa shape index (κ1) is 23.8. The minimum Gasteiger partial charge on any atom is -0.489 e. The van der Waals surface area contributed by atoms with Crippen LogP contribution >= 0.6 is 0 Å². The number of carbonyl (C=O) groups is 1. The number of rotatable bonds is 8. The summed E-state index contributed by atoms with van der Waals surface area (Å²) in [5, 5.41) is 1.05. The standard InChI is InChI=1S/C28H31N5O3/c1-3-20-17-30-28(31-18-20)32-12-10-23(11-13-32)36-24-6-8-26(29-19-24)33-14-9-22-15-21(5-7-25(22)33)16-27(34)35-4-2/h5-9,14-15,17-19,23H,3-4,10-13,16H2,1-2H3. The van der Waals surface area contributed by atoms with Crippen LogP contribution in [0.5, 0.6) is 5.75 Å². The predicted octanol–water partition coefficient (Wildman–Crippen LogP) is 4.53. The van der Waals surface area contributed by atoms with Crippen molar-refractivity contribution in [1.29, 1.82) is 0 Å². The smallest absolute Gasteiger partial charge is 0.310 e. The van der Waals surface area contributed by atoms with E-state index in [-0.39, 0.29) is 18.5 Å². The molecule has 0 radical (unpaired) electrons. The third-order valence-electron chi connectivity index (χ3n) is 6.50. The van der Waals surface area contributed by atoms with Gasteiger partial charge in [0.1, 0.15) is 17.7 Å². The topological polar surface area (TPSA) is 82.4 Å². The zero-order valence-corrected chi connectivity index (χ0v) is 20.8. The molecule has 1 fully saturated rings. The van der Waals surface area contributed by atoms with Gasteiger partial charge in [-0.2, -0.15) is 0 Å². The lowest BCUT2D eigenvalue weighted by molar-refractivity contribution is -0.142. The van der Waals surface area contributed by atoms with Gasteiger partial charge in [0.25, 0.3) is 0 Å². The highest BCUT2D eigenvalue weighted by Gasteiger charge is 2.22. The first-order valence-corrected chi connectivity index (χ1v) is 12.6. The minimum absolute atomic E-state index is 0.147. The second-order valence-electron chi connectivity index (χ2n) is 8.96. The lowest BCUT2D eigenvalue weighted by Gasteiger charge is -2.32. The van der Waals surface area contributed by atoms with Gasteiger partial charge in [-0.15, -0.1) is 0 Å². The monoisotopic (exact) mass is 485 g/mol. The summed E-state index contributed by atoms with van der Waals surface area (Å²) in [6, 6.07) is 12.0. The van der Waals surface area contributed by atoms with E-state index in [1.807, 2.05) is 66.5 Å². The third kappa shape index (κ3) is 5.32. The molecule has 0 bridgehead atoms. The first-order chi connectivity index (χ1) is 17.6. The van der Waals surface area contributed by atoms with Crippen molar-refractivity contribution in [2.24, 2.45) is 0 Å². The molecule has 1 aromatic carbocycles. The summed E-state index contributed by atoms with van der Waals surface area (Å²) in [4.78, 5) is 27.7. The molecule has 3 aromatic heterocycles. The highest BCUT2D eigenvalue weighted by molar-refractivity contribution is 5.84. The normalized spacial score (nSPS) is 14.2. The van der Waals surface area contributed by atoms with Gasteiger partial charge < -0.3 is 18.9 Å². The van der Waals surface area contributed by atoms with E-state index in [9.17, 15) is 4.79 Å². The second kappa shape index (κ2) is 10.8. The van der Waals surface area contributed by atoms with Crippen LogP contribution in [0, 0.1) is 0 Å². The number of fused-ring (bicyclic) bond motifs is 1. The number of ether oxygens (including phenoxy) is 2. The molecule has 186 valence electrons. The summed E-state index contributed by atoms with van der Waals surface area (Å²) in [5.41, 5.74) is 3.12. The number of benzene rings is 1. The molecule has 5 rings (SSSR count). The quantitative estimate of drug-likeness (QED) is 0.339. The number of nitrogens with zero attached hydrogens (tertiary/aromatic N) is 5. The van der Waals surface area contributed by atoms with Crippen LogP contribution in [0.1, 0.15) is 37.8 Å². The van der Waals surface area contributed by atoms with Gasteiger partial charge in [0.2, 0.25) is 5.95 Å². The fourth-order valence-corrected chi connectivity index (χ4v) is 4.53. The van der Waals surface area contributed by atoms with Crippen LogP contribution in [0.15, 0.2) is 61.2 Å². The molecule has 1 aliphatic heterocycles. The molecule has 0 N–H and O–H groups in total. The van der Waals surface area contributed by atoms with Crippen molar-refractivity contribution in [3.63, 3.8) is 0 Å². The maximum absolute atomic E-state index is 11.8. The maximum Gasteiger partial charge on any atom is 0.310 e. The first-order valence-electron chi connectivity index (χ1n) is 12.6. The van der Waals surface area contributed by atoms with Crippen LogP contribution in [-0.2, 0) is 22.4 Å². The molecule has 1 saturated heterocycles. The number of hydrogen-bond acceptors (Lipinski definition) is 7. The van der Waals surface area contributed by atoms with Gasteiger partial charge >= 0.3 is 5.97 Å². The Morgan fingerprint density at radius 1 is 0.972 bits per heavy atom. The summed E-state index contributed by atoms with van der Waals surface area (Å²) in [5.74, 6) is 2.17. The molecule has 4 aromatic rings. The van der Waals surface area contributed by atoms with Gasteiger partial charge in [-0.1, -0.05) is 13.0 Å². The second-order valence-corrected chi connectivity index (χ2v) is 8.96. The molecule has 0 atom stereocenters. The maximum atomic E-state index is 11.8. The highest BCUT2D eigenvalue weighted by Crippen LogP contribution is 2.24. The van der Waals surface area contributed by atoms with Crippen LogP contribution in [0.2, 0.25) is 0 Å². The number of pyridine rings is 1. The van der Waals surface area contributed by atoms with Crippen LogP contribution < -0.4 is 9.64 Å². The number of piperidine rings is 1. The van der Waals surface area contributed by atoms with Crippen LogP contribution in [-0.4, -0.2) is 51.3 Å². The van der Waals surface area contributed by atoms with Crippen molar-refractivity contribution in [3.8, 4) is 11.6 Å². The number of carbonyl (C=O) groups excluding carboxylic acids is 1. The molecular weight excluding hydrogens is 454 g/mol. The van der Waals surface area contributed by atoms with E-state index in [2.05, 4.69) is 26.8 Å². The van der Waals surface area contributed by atoms with Gasteiger partial charge in [0.05, 0.1) is 24.7 Å². The zero-order valence-electron chi connectivity index (χ0n) is 20.8. The summed E-state index contributed by atoms with van der Waals surface area (Å²) in [6.07, 6.45) is 10.8. The number of hydrogen-bond donors (Lipinski definition) is 0. The molecule has 0 unspecified atom stereocenters. The van der Waals surface area contributed by atoms with Crippen molar-refractivity contribution in [1.82, 2.24) is 19.5 Å². The third-order valence-corrected chi connectivity index (χ3v) is 6.50. The Hall–Kier alpha value is -3.94. The number of esters is 1. The Morgan fingerprint density at radius 2 is 1.78 bits per heavy atom. The largest absolute Gasteiger partial charge is 0.489 e. The van der Waals surface area contributed by atoms with E-state index in [1.54, 1.807) is 6.20 Å². The Kier molecular flexibility index (Phi) is 7.11. The number of anilines is 1. The molecule has 0 saturated carbocycles. The molecule has 0 amide bonds. The van der Waals surface area contributed by atoms with Crippen molar-refractivity contribution in [3.05, 3.63) is 72.3 Å². The van der Waals surface area contributed by atoms with Crippen molar-refractivity contribution < 1.29 is 14.3 Å². The van der Waals surface area contributed by atoms with E-state index in [4.69, 9.17) is 9.47 Å². The molecular formula is C28H31N5O3. The molecule has 0 spiro atoms. The fraction of sp³-hybridized carbons (Fsp3) is 0.357. The van der Waals surface area contributed by atoms with E-state index in [0.29, 0.717) is 6.61 Å². The minimum atomic E-state index is -0.210. The number of aromatic nitrogens is 4. The van der Waals surface area contributed by atoms with E-state index in [0.717, 1.165) is 71.9 Å². The van der Waals surface area contributed by atoms with Crippen molar-refractivity contribution >= 4 is 22.8 Å². The molecule has 0 aliphatic carbocycles. The molecule has 8 nitrogen and oxygen atoms in total. The lowest BCUT2D eigenvalue weighted by atomic mass is 10.1. The Morgan fingerprint density at radius 3 is 2.47 bits per heavy atom.